The van der Waals surface area contributed by atoms with E-state index in [0.29, 0.717) is 0 Å². The Morgan fingerprint density at radius 2 is 1.09 bits per heavy atom. The summed E-state index contributed by atoms with van der Waals surface area (Å²) >= 11 is 0. The van der Waals surface area contributed by atoms with Gasteiger partial charge in [-0.2, -0.15) is 0 Å². The van der Waals surface area contributed by atoms with Gasteiger partial charge >= 0.3 is 84.1 Å². The first-order chi connectivity index (χ1) is 3.71. The Hall–Kier alpha value is 3.00. The molecule has 0 aromatic rings. The molecule has 0 aromatic heterocycles. The molecule has 11 heavy (non-hydrogen) atoms. The van der Waals surface area contributed by atoms with Crippen LogP contribution >= 0.6 is 15.6 Å². The molecule has 56 valence electrons. The number of rotatable bonds is 2. The van der Waals surface area contributed by atoms with Gasteiger partial charge in [0.2, 0.25) is 0 Å². The van der Waals surface area contributed by atoms with Crippen molar-refractivity contribution in [3.05, 3.63) is 0 Å². The fraction of sp³-hybridized carbons (Fsp3) is 0. The van der Waals surface area contributed by atoms with Crippen molar-refractivity contribution in [2.24, 2.45) is 0 Å². The molecule has 0 saturated carbocycles. The number of hydrogen-bond donors (Lipinski definition) is 0. The van der Waals surface area contributed by atoms with Crippen LogP contribution in [0.3, 0.4) is 0 Å². The molecule has 0 N–H and O–H groups in total. The van der Waals surface area contributed by atoms with Gasteiger partial charge in [0, 0.05) is 0 Å². The van der Waals surface area contributed by atoms with E-state index in [0.717, 1.165) is 0 Å². The fourth-order valence-electron chi connectivity index (χ4n) is 0.122. The zero-order chi connectivity index (χ0) is 7.71. The fourth-order valence-corrected chi connectivity index (χ4v) is 1.10. The largest absolute Gasteiger partial charge is 3.00 e. The molecule has 7 nitrogen and oxygen atoms in total. The second-order valence-corrected chi connectivity index (χ2v) is 3.42. The first kappa shape index (κ1) is 19.6. The van der Waals surface area contributed by atoms with E-state index in [1.165, 1.54) is 0 Å². The summed E-state index contributed by atoms with van der Waals surface area (Å²) in [6, 6.07) is 0. The molecular weight excluding hydrogens is 302 g/mol. The Bertz CT molecular complexity index is 157. The Kier molecular flexibility index (Phi) is 13.0. The van der Waals surface area contributed by atoms with Crippen LogP contribution in [0, 0.1) is 0 Å². The Morgan fingerprint density at radius 1 is 0.909 bits per heavy atom. The minimum Gasteiger partial charge on any atom is -0.790 e. The predicted molar refractivity (Wildman–Crippen MR) is 16.3 cm³/mol. The van der Waals surface area contributed by atoms with E-state index < -0.39 is 15.6 Å². The summed E-state index contributed by atoms with van der Waals surface area (Å²) in [5.74, 6) is 0. The van der Waals surface area contributed by atoms with Crippen LogP contribution in [0.15, 0.2) is 0 Å². The third-order valence-electron chi connectivity index (χ3n) is 0.200. The minimum absolute atomic E-state index is 0. The molecule has 0 radical (unpaired) electrons. The molecule has 0 fully saturated rings. The van der Waals surface area contributed by atoms with Gasteiger partial charge in [0.05, 0.1) is 15.6 Å². The molecule has 0 spiro atoms. The van der Waals surface area contributed by atoms with Crippen molar-refractivity contribution in [2.75, 3.05) is 0 Å². The van der Waals surface area contributed by atoms with Gasteiger partial charge in [0.15, 0.2) is 0 Å². The normalized spacial score (nSPS) is 11.3. The molecule has 0 unspecified atom stereocenters. The average molecular weight is 302 g/mol. The van der Waals surface area contributed by atoms with Crippen LogP contribution in [0.5, 0.6) is 0 Å². The maximum Gasteiger partial charge on any atom is 3.00 e. The predicted octanol–water partition coefficient (Wildman–Crippen LogP) is -6.34. The standard InChI is InChI=1S/K.H4O7P2.Y/c;1-8(2,3)7-9(4,5)6;/h;(H2,1,2,3)(H2,4,5,6);/q+1;;+3/p-4. The molecule has 0 bridgehead atoms. The monoisotopic (exact) mass is 302 g/mol. The van der Waals surface area contributed by atoms with Crippen molar-refractivity contribution < 1.29 is 117 Å². The van der Waals surface area contributed by atoms with Crippen molar-refractivity contribution in [3.63, 3.8) is 0 Å². The Labute approximate surface area is 130 Å². The molecule has 0 amide bonds. The van der Waals surface area contributed by atoms with Crippen molar-refractivity contribution in [1.82, 2.24) is 0 Å². The zero-order valence-corrected chi connectivity index (χ0v) is 13.1. The zero-order valence-electron chi connectivity index (χ0n) is 5.33. The van der Waals surface area contributed by atoms with Crippen LogP contribution in [-0.4, -0.2) is 0 Å². The minimum atomic E-state index is -5.68. The van der Waals surface area contributed by atoms with Crippen LogP contribution in [0.25, 0.3) is 0 Å². The molecule has 0 atom stereocenters. The quantitative estimate of drug-likeness (QED) is 0.365. The summed E-state index contributed by atoms with van der Waals surface area (Å²) in [5.41, 5.74) is 0. The summed E-state index contributed by atoms with van der Waals surface area (Å²) in [6.07, 6.45) is 0. The van der Waals surface area contributed by atoms with E-state index in [-0.39, 0.29) is 84.1 Å². The summed E-state index contributed by atoms with van der Waals surface area (Å²) in [5, 5.41) is 0. The van der Waals surface area contributed by atoms with E-state index in [1.54, 1.807) is 0 Å². The average Bonchev–Trinajstić information content (AvgIpc) is 1.14. The first-order valence-corrected chi connectivity index (χ1v) is 4.38. The van der Waals surface area contributed by atoms with Crippen LogP contribution in [0.4, 0.5) is 0 Å². The van der Waals surface area contributed by atoms with E-state index in [4.69, 9.17) is 0 Å². The number of hydrogen-bond acceptors (Lipinski definition) is 7. The second-order valence-electron chi connectivity index (χ2n) is 0.976. The van der Waals surface area contributed by atoms with Crippen LogP contribution in [0.1, 0.15) is 0 Å². The van der Waals surface area contributed by atoms with Gasteiger partial charge in [-0.15, -0.1) is 0 Å². The Balaban J connectivity index is -0.000000320. The summed E-state index contributed by atoms with van der Waals surface area (Å²) in [7, 11) is -11.4. The van der Waals surface area contributed by atoms with E-state index in [1.807, 2.05) is 0 Å². The molecular formula is KO7P2Y. The van der Waals surface area contributed by atoms with Crippen LogP contribution < -0.4 is 71.0 Å². The van der Waals surface area contributed by atoms with E-state index in [2.05, 4.69) is 4.31 Å². The van der Waals surface area contributed by atoms with Crippen molar-refractivity contribution in [3.8, 4) is 0 Å². The molecule has 0 saturated heterocycles. The molecule has 0 aliphatic rings. The van der Waals surface area contributed by atoms with E-state index >= 15 is 0 Å². The van der Waals surface area contributed by atoms with Crippen molar-refractivity contribution >= 4 is 15.6 Å². The molecule has 0 heterocycles. The summed E-state index contributed by atoms with van der Waals surface area (Å²) in [4.78, 5) is 37.3. The maximum atomic E-state index is 9.32. The smallest absolute Gasteiger partial charge is 0.790 e. The van der Waals surface area contributed by atoms with Gasteiger partial charge in [-0.1, -0.05) is 0 Å². The van der Waals surface area contributed by atoms with E-state index in [9.17, 15) is 28.7 Å². The van der Waals surface area contributed by atoms with Gasteiger partial charge in [0.1, 0.15) is 0 Å². The third kappa shape index (κ3) is 19.4. The number of phosphoric acid groups is 2. The maximum absolute atomic E-state index is 9.32. The van der Waals surface area contributed by atoms with Crippen molar-refractivity contribution in [1.29, 1.82) is 0 Å². The van der Waals surface area contributed by atoms with Gasteiger partial charge < -0.3 is 33.0 Å². The summed E-state index contributed by atoms with van der Waals surface area (Å²) < 4.78 is 21.2. The molecule has 11 heteroatoms. The molecule has 0 aromatic carbocycles. The molecule has 0 aliphatic carbocycles. The van der Waals surface area contributed by atoms with Crippen molar-refractivity contribution in [2.45, 2.75) is 0 Å². The third-order valence-corrected chi connectivity index (χ3v) is 1.80. The Morgan fingerprint density at radius 3 is 1.09 bits per heavy atom. The first-order valence-electron chi connectivity index (χ1n) is 1.46. The SMILES string of the molecule is O=P([O-])([O-])OP(=O)([O-])[O-].[K+].[Y+3]. The van der Waals surface area contributed by atoms with Gasteiger partial charge in [-0.25, -0.2) is 0 Å². The van der Waals surface area contributed by atoms with Gasteiger partial charge in [-0.3, -0.25) is 0 Å². The van der Waals surface area contributed by atoms with Crippen LogP contribution in [-0.2, 0) is 46.1 Å². The molecule has 0 aliphatic heterocycles. The van der Waals surface area contributed by atoms with Crippen LogP contribution in [0.2, 0.25) is 0 Å². The van der Waals surface area contributed by atoms with Gasteiger partial charge in [-0.05, 0) is 0 Å². The second kappa shape index (κ2) is 7.31. The summed E-state index contributed by atoms with van der Waals surface area (Å²) in [6.45, 7) is 0. The molecule has 0 rings (SSSR count). The topological polar surface area (TPSA) is 136 Å². The van der Waals surface area contributed by atoms with Gasteiger partial charge in [0.25, 0.3) is 0 Å².